The summed E-state index contributed by atoms with van der Waals surface area (Å²) in [5.74, 6) is 1.53. The topological polar surface area (TPSA) is 109 Å². The number of imidazole rings is 1. The molecule has 10 nitrogen and oxygen atoms in total. The molecule has 0 saturated heterocycles. The summed E-state index contributed by atoms with van der Waals surface area (Å²) < 4.78 is 14.8. The Bertz CT molecular complexity index is 1240. The summed E-state index contributed by atoms with van der Waals surface area (Å²) in [6.07, 6.45) is 0.261. The molecule has 166 valence electrons. The number of ether oxygens (including phenoxy) is 2. The molecule has 3 aromatic rings. The van der Waals surface area contributed by atoms with E-state index in [0.717, 1.165) is 10.1 Å². The number of aromatic nitrogens is 4. The molecule has 0 aliphatic rings. The van der Waals surface area contributed by atoms with Crippen LogP contribution in [0.2, 0.25) is 0 Å². The molecule has 0 spiro atoms. The van der Waals surface area contributed by atoms with Crippen molar-refractivity contribution >= 4 is 28.8 Å². The maximum absolute atomic E-state index is 12.3. The number of benzene rings is 1. The monoisotopic (exact) mass is 447 g/mol. The predicted octanol–water partition coefficient (Wildman–Crippen LogP) is 0.786. The van der Waals surface area contributed by atoms with E-state index in [-0.39, 0.29) is 17.8 Å². The van der Waals surface area contributed by atoms with Crippen LogP contribution in [0.1, 0.15) is 12.0 Å². The number of hydrogen-bond acceptors (Lipinski definition) is 7. The summed E-state index contributed by atoms with van der Waals surface area (Å²) in [6.45, 7) is 0.314. The lowest BCUT2D eigenvalue weighted by Gasteiger charge is -2.13. The third-order valence-corrected chi connectivity index (χ3v) is 5.98. The molecule has 2 aromatic heterocycles. The van der Waals surface area contributed by atoms with Crippen LogP contribution in [0.25, 0.3) is 11.2 Å². The van der Waals surface area contributed by atoms with Gasteiger partial charge in [-0.1, -0.05) is 23.9 Å². The van der Waals surface area contributed by atoms with E-state index in [1.165, 1.54) is 23.4 Å². The van der Waals surface area contributed by atoms with Gasteiger partial charge in [0.1, 0.15) is 0 Å². The van der Waals surface area contributed by atoms with E-state index >= 15 is 0 Å². The average Bonchev–Trinajstić information content (AvgIpc) is 3.10. The molecular weight excluding hydrogens is 422 g/mol. The predicted molar refractivity (Wildman–Crippen MR) is 118 cm³/mol. The first-order valence-electron chi connectivity index (χ1n) is 9.52. The Morgan fingerprint density at radius 3 is 2.52 bits per heavy atom. The molecule has 0 atom stereocenters. The molecule has 11 heteroatoms. The number of amides is 1. The fourth-order valence-electron chi connectivity index (χ4n) is 3.30. The summed E-state index contributed by atoms with van der Waals surface area (Å²) in [5.41, 5.74) is 0.638. The Morgan fingerprint density at radius 1 is 1.10 bits per heavy atom. The van der Waals surface area contributed by atoms with Crippen molar-refractivity contribution in [2.45, 2.75) is 18.1 Å². The minimum absolute atomic E-state index is 0.126. The molecule has 1 N–H and O–H groups in total. The normalized spacial score (nSPS) is 11.0. The summed E-state index contributed by atoms with van der Waals surface area (Å²) >= 11 is 1.35. The van der Waals surface area contributed by atoms with Gasteiger partial charge < -0.3 is 19.4 Å². The zero-order valence-electron chi connectivity index (χ0n) is 18.1. The highest BCUT2D eigenvalue weighted by Crippen LogP contribution is 2.30. The molecule has 1 aromatic carbocycles. The molecule has 0 bridgehead atoms. The van der Waals surface area contributed by atoms with Gasteiger partial charge in [0.15, 0.2) is 27.8 Å². The van der Waals surface area contributed by atoms with Crippen molar-refractivity contribution in [2.24, 2.45) is 21.1 Å². The molecular formula is C20H25N5O5S. The van der Waals surface area contributed by atoms with Gasteiger partial charge in [-0.05, 0) is 6.07 Å². The molecule has 0 radical (unpaired) electrons. The number of carbonyl (C=O) groups excluding carboxylic acids is 1. The van der Waals surface area contributed by atoms with Gasteiger partial charge in [-0.15, -0.1) is 0 Å². The fraction of sp³-hybridized carbons (Fsp3) is 0.400. The molecule has 0 fully saturated rings. The van der Waals surface area contributed by atoms with Crippen molar-refractivity contribution < 1.29 is 14.3 Å². The zero-order valence-corrected chi connectivity index (χ0v) is 18.9. The van der Waals surface area contributed by atoms with Crippen LogP contribution in [0.15, 0.2) is 32.9 Å². The summed E-state index contributed by atoms with van der Waals surface area (Å²) in [4.78, 5) is 41.2. The Kier molecular flexibility index (Phi) is 6.74. The fourth-order valence-corrected chi connectivity index (χ4v) is 4.20. The van der Waals surface area contributed by atoms with Crippen LogP contribution in [-0.2, 0) is 32.5 Å². The van der Waals surface area contributed by atoms with Crippen molar-refractivity contribution in [3.05, 3.63) is 44.6 Å². The molecule has 2 heterocycles. The van der Waals surface area contributed by atoms with Gasteiger partial charge in [0, 0.05) is 45.4 Å². The number of para-hydroxylation sites is 1. The van der Waals surface area contributed by atoms with Crippen molar-refractivity contribution in [1.29, 1.82) is 0 Å². The van der Waals surface area contributed by atoms with E-state index in [9.17, 15) is 14.4 Å². The largest absolute Gasteiger partial charge is 0.493 e. The molecule has 3 rings (SSSR count). The van der Waals surface area contributed by atoms with Gasteiger partial charge >= 0.3 is 5.69 Å². The van der Waals surface area contributed by atoms with Crippen LogP contribution < -0.4 is 26.0 Å². The number of hydrogen-bond donors (Lipinski definition) is 1. The first kappa shape index (κ1) is 22.5. The second-order valence-corrected chi connectivity index (χ2v) is 7.92. The summed E-state index contributed by atoms with van der Waals surface area (Å²) in [6, 6.07) is 5.49. The molecule has 31 heavy (non-hydrogen) atoms. The molecule has 0 aliphatic heterocycles. The number of methoxy groups -OCH3 is 2. The van der Waals surface area contributed by atoms with Gasteiger partial charge in [0.05, 0.1) is 14.2 Å². The Morgan fingerprint density at radius 2 is 1.84 bits per heavy atom. The van der Waals surface area contributed by atoms with E-state index in [1.54, 1.807) is 38.9 Å². The smallest absolute Gasteiger partial charge is 0.332 e. The lowest BCUT2D eigenvalue weighted by molar-refractivity contribution is -0.120. The number of thioether (sulfide) groups is 1. The van der Waals surface area contributed by atoms with Gasteiger partial charge in [-0.25, -0.2) is 9.78 Å². The highest BCUT2D eigenvalue weighted by molar-refractivity contribution is 7.99. The van der Waals surface area contributed by atoms with E-state index in [2.05, 4.69) is 10.3 Å². The molecule has 0 unspecified atom stereocenters. The second kappa shape index (κ2) is 9.29. The van der Waals surface area contributed by atoms with Gasteiger partial charge in [0.25, 0.3) is 5.56 Å². The lowest BCUT2D eigenvalue weighted by Crippen LogP contribution is -2.37. The van der Waals surface area contributed by atoms with E-state index < -0.39 is 11.2 Å². The standard InChI is InChI=1S/C20H25N5O5S/c1-23-17-15(18(27)25(3)20(28)24(17)2)22-19(23)31-10-9-14(26)21-11-12-7-6-8-13(29-4)16(12)30-5/h6-8H,9-11H2,1-5H3,(H,21,26). The van der Waals surface area contributed by atoms with Gasteiger partial charge in [-0.3, -0.25) is 18.7 Å². The van der Waals surface area contributed by atoms with Crippen molar-refractivity contribution in [3.8, 4) is 11.5 Å². The van der Waals surface area contributed by atoms with Gasteiger partial charge in [0.2, 0.25) is 5.91 Å². The van der Waals surface area contributed by atoms with Crippen molar-refractivity contribution in [1.82, 2.24) is 24.0 Å². The van der Waals surface area contributed by atoms with E-state index in [0.29, 0.717) is 34.6 Å². The average molecular weight is 448 g/mol. The Labute approximate surface area is 182 Å². The number of rotatable bonds is 8. The summed E-state index contributed by atoms with van der Waals surface area (Å²) in [5, 5.41) is 3.44. The third-order valence-electron chi connectivity index (χ3n) is 4.94. The van der Waals surface area contributed by atoms with Crippen molar-refractivity contribution in [2.75, 3.05) is 20.0 Å². The maximum atomic E-state index is 12.3. The lowest BCUT2D eigenvalue weighted by atomic mass is 10.2. The van der Waals surface area contributed by atoms with Crippen LogP contribution in [-0.4, -0.2) is 44.6 Å². The number of carbonyl (C=O) groups is 1. The zero-order chi connectivity index (χ0) is 22.7. The minimum Gasteiger partial charge on any atom is -0.493 e. The molecule has 1 amide bonds. The number of aryl methyl sites for hydroxylation is 2. The molecule has 0 aliphatic carbocycles. The number of nitrogens with one attached hydrogen (secondary N) is 1. The Balaban J connectivity index is 1.64. The van der Waals surface area contributed by atoms with E-state index in [4.69, 9.17) is 9.47 Å². The minimum atomic E-state index is -0.439. The maximum Gasteiger partial charge on any atom is 0.332 e. The highest BCUT2D eigenvalue weighted by atomic mass is 32.2. The van der Waals surface area contributed by atoms with Crippen LogP contribution in [0, 0.1) is 0 Å². The SMILES string of the molecule is COc1cccc(CNC(=O)CCSc2nc3c(=O)n(C)c(=O)n(C)c3n2C)c1OC. The third kappa shape index (κ3) is 4.31. The van der Waals surface area contributed by atoms with E-state index in [1.807, 2.05) is 12.1 Å². The molecule has 0 saturated carbocycles. The second-order valence-electron chi connectivity index (χ2n) is 6.86. The summed E-state index contributed by atoms with van der Waals surface area (Å²) in [7, 11) is 7.88. The quantitative estimate of drug-likeness (QED) is 0.509. The number of nitrogens with zero attached hydrogens (tertiary/aromatic N) is 4. The first-order chi connectivity index (χ1) is 14.8. The first-order valence-corrected chi connectivity index (χ1v) is 10.5. The van der Waals surface area contributed by atoms with Crippen molar-refractivity contribution in [3.63, 3.8) is 0 Å². The Hall–Kier alpha value is -3.21. The number of fused-ring (bicyclic) bond motifs is 1. The van der Waals surface area contributed by atoms with Crippen LogP contribution in [0.4, 0.5) is 0 Å². The van der Waals surface area contributed by atoms with Crippen LogP contribution in [0.3, 0.4) is 0 Å². The highest BCUT2D eigenvalue weighted by Gasteiger charge is 2.17. The van der Waals surface area contributed by atoms with Crippen LogP contribution in [0.5, 0.6) is 11.5 Å². The van der Waals surface area contributed by atoms with Gasteiger partial charge in [-0.2, -0.15) is 0 Å². The van der Waals surface area contributed by atoms with Crippen LogP contribution >= 0.6 is 11.8 Å².